The summed E-state index contributed by atoms with van der Waals surface area (Å²) in [6, 6.07) is -1.06. The van der Waals surface area contributed by atoms with Gasteiger partial charge in [-0.25, -0.2) is 0 Å². The van der Waals surface area contributed by atoms with Crippen LogP contribution in [0.15, 0.2) is 0 Å². The molecule has 0 aromatic rings. The van der Waals surface area contributed by atoms with Crippen LogP contribution in [0.3, 0.4) is 0 Å². The molecule has 0 spiro atoms. The van der Waals surface area contributed by atoms with E-state index in [1.54, 1.807) is 0 Å². The van der Waals surface area contributed by atoms with Crippen molar-refractivity contribution < 1.29 is 99.3 Å². The van der Waals surface area contributed by atoms with Crippen molar-refractivity contribution in [1.82, 2.24) is 0 Å². The summed E-state index contributed by atoms with van der Waals surface area (Å²) in [5, 5.41) is 16.3. The molecule has 0 unspecified atom stereocenters. The van der Waals surface area contributed by atoms with Gasteiger partial charge in [-0.2, -0.15) is 8.42 Å². The summed E-state index contributed by atoms with van der Waals surface area (Å²) in [5.41, 5.74) is 5.00. The van der Waals surface area contributed by atoms with Gasteiger partial charge in [-0.15, -0.1) is 0 Å². The molecule has 0 rings (SSSR count). The molecule has 0 bridgehead atoms. The topological polar surface area (TPSA) is 175 Å². The fourth-order valence-corrected chi connectivity index (χ4v) is 0.402. The molecule has 6 N–H and O–H groups in total. The number of carbonyl (C=O) groups is 2. The Bertz CT molecular complexity index is 319. The van der Waals surface area contributed by atoms with Gasteiger partial charge in [0.25, 0.3) is 0 Å². The molecular weight excluding hydrogens is 280 g/mol. The molecule has 0 aliphatic carbocycles. The molecule has 9 nitrogen and oxygen atoms in total. The second-order valence-corrected chi connectivity index (χ2v) is 3.22. The average Bonchev–Trinajstić information content (AvgIpc) is 1.96. The molecule has 0 aromatic carbocycles. The number of nitrogens with two attached hydrogens (primary N) is 1. The molecule has 0 aliphatic heterocycles. The van der Waals surface area contributed by atoms with Crippen LogP contribution in [0.2, 0.25) is 0 Å². The second-order valence-electron chi connectivity index (χ2n) is 2.32. The third-order valence-corrected chi connectivity index (χ3v) is 0.986. The first kappa shape index (κ1) is 26.4. The Balaban J connectivity index is -0.0000000418. The number of hydrogen-bond acceptors (Lipinski definition) is 5. The Morgan fingerprint density at radius 1 is 1.18 bits per heavy atom. The van der Waals surface area contributed by atoms with Crippen LogP contribution >= 0.6 is 0 Å². The quantitative estimate of drug-likeness (QED) is 0.249. The zero-order valence-electron chi connectivity index (χ0n) is 11.4. The van der Waals surface area contributed by atoms with Gasteiger partial charge in [-0.05, 0) is 6.42 Å². The van der Waals surface area contributed by atoms with E-state index in [1.165, 1.54) is 0 Å². The van der Waals surface area contributed by atoms with Crippen LogP contribution in [-0.4, -0.2) is 45.7 Å². The first-order valence-corrected chi connectivity index (χ1v) is 4.83. The first-order chi connectivity index (χ1) is 6.54. The number of aliphatic carboxylic acids is 2. The largest absolute Gasteiger partial charge is 1.00 e. The Labute approximate surface area is 145 Å². The second kappa shape index (κ2) is 13.2. The molecule has 0 aromatic heterocycles. The minimum atomic E-state index is -4.67. The summed E-state index contributed by atoms with van der Waals surface area (Å²) < 4.78 is 31.6. The van der Waals surface area contributed by atoms with Crippen LogP contribution in [0.5, 0.6) is 0 Å². The molecule has 0 saturated heterocycles. The summed E-state index contributed by atoms with van der Waals surface area (Å²) >= 11 is 0. The van der Waals surface area contributed by atoms with Gasteiger partial charge in [-0.1, -0.05) is 0 Å². The maximum absolute atomic E-state index is 9.99. The van der Waals surface area contributed by atoms with Crippen LogP contribution in [0.1, 0.15) is 15.7 Å². The van der Waals surface area contributed by atoms with Crippen LogP contribution in [0.4, 0.5) is 0 Å². The third kappa shape index (κ3) is 38.3. The van der Waals surface area contributed by atoms with Crippen molar-refractivity contribution in [3.05, 3.63) is 0 Å². The molecule has 17 heavy (non-hydrogen) atoms. The summed E-state index contributed by atoms with van der Waals surface area (Å²) in [4.78, 5) is 19.9. The summed E-state index contributed by atoms with van der Waals surface area (Å²) in [6.07, 6.45) is -0.224. The molecule has 0 heterocycles. The van der Waals surface area contributed by atoms with Crippen LogP contribution in [-0.2, 0) is 20.0 Å². The summed E-state index contributed by atoms with van der Waals surface area (Å²) in [6.45, 7) is 0. The zero-order chi connectivity index (χ0) is 12.6. The normalized spacial score (nSPS) is 10.8. The summed E-state index contributed by atoms with van der Waals surface area (Å²) in [7, 11) is -4.67. The minimum absolute atomic E-state index is 0. The molecular formula is C5H13NNa2O8S. The van der Waals surface area contributed by atoms with E-state index in [0.29, 0.717) is 0 Å². The summed E-state index contributed by atoms with van der Waals surface area (Å²) in [5.74, 6) is -2.20. The zero-order valence-corrected chi connectivity index (χ0v) is 14.2. The number of rotatable bonds is 4. The smallest absolute Gasteiger partial charge is 1.00 e. The fourth-order valence-electron chi connectivity index (χ4n) is 0.402. The van der Waals surface area contributed by atoms with Crippen LogP contribution in [0.25, 0.3) is 0 Å². The predicted octanol–water partition coefficient (Wildman–Crippen LogP) is -7.16. The molecule has 0 fully saturated rings. The molecule has 0 radical (unpaired) electrons. The van der Waals surface area contributed by atoms with E-state index < -0.39 is 28.4 Å². The first-order valence-electron chi connectivity index (χ1n) is 3.44. The molecule has 0 saturated carbocycles. The molecule has 0 aliphatic rings. The van der Waals surface area contributed by atoms with Gasteiger partial charge in [0, 0.05) is 6.42 Å². The van der Waals surface area contributed by atoms with Gasteiger partial charge in [-0.3, -0.25) is 18.7 Å². The van der Waals surface area contributed by atoms with Crippen molar-refractivity contribution in [3.63, 3.8) is 0 Å². The molecule has 94 valence electrons. The third-order valence-electron chi connectivity index (χ3n) is 0.986. The van der Waals surface area contributed by atoms with Crippen LogP contribution < -0.4 is 64.8 Å². The van der Waals surface area contributed by atoms with E-state index in [-0.39, 0.29) is 74.8 Å². The van der Waals surface area contributed by atoms with Gasteiger partial charge >= 0.3 is 81.5 Å². The van der Waals surface area contributed by atoms with Gasteiger partial charge in [0.1, 0.15) is 6.04 Å². The maximum atomic E-state index is 9.99. The van der Waals surface area contributed by atoms with Crippen LogP contribution in [0, 0.1) is 0 Å². The van der Waals surface area contributed by atoms with Crippen molar-refractivity contribution >= 4 is 22.3 Å². The SMILES string of the molecule is N[C@@H](CCC(=O)O)C(=O)O.O=S(=O)(O)O.[H-].[H-].[Na+].[Na+]. The van der Waals surface area contributed by atoms with Gasteiger partial charge in [0.15, 0.2) is 0 Å². The Kier molecular flexibility index (Phi) is 20.5. The van der Waals surface area contributed by atoms with Crippen molar-refractivity contribution in [2.45, 2.75) is 18.9 Å². The van der Waals surface area contributed by atoms with E-state index in [2.05, 4.69) is 0 Å². The Hall–Kier alpha value is 0.770. The maximum Gasteiger partial charge on any atom is 1.00 e. The van der Waals surface area contributed by atoms with Crippen molar-refractivity contribution in [1.29, 1.82) is 0 Å². The molecule has 0 amide bonds. The van der Waals surface area contributed by atoms with Gasteiger partial charge in [0.05, 0.1) is 0 Å². The van der Waals surface area contributed by atoms with Crippen molar-refractivity contribution in [3.8, 4) is 0 Å². The molecule has 1 atom stereocenters. The number of carboxylic acid groups (broad SMARTS) is 2. The monoisotopic (exact) mass is 293 g/mol. The van der Waals surface area contributed by atoms with E-state index in [1.807, 2.05) is 0 Å². The van der Waals surface area contributed by atoms with Gasteiger partial charge < -0.3 is 18.8 Å². The van der Waals surface area contributed by atoms with Crippen molar-refractivity contribution in [2.75, 3.05) is 0 Å². The minimum Gasteiger partial charge on any atom is -1.00 e. The van der Waals surface area contributed by atoms with E-state index >= 15 is 0 Å². The molecule has 12 heteroatoms. The predicted molar refractivity (Wildman–Crippen MR) is 48.9 cm³/mol. The van der Waals surface area contributed by atoms with E-state index in [0.717, 1.165) is 0 Å². The van der Waals surface area contributed by atoms with Gasteiger partial charge in [0.2, 0.25) is 0 Å². The average molecular weight is 293 g/mol. The van der Waals surface area contributed by atoms with E-state index in [9.17, 15) is 9.59 Å². The number of carboxylic acids is 2. The van der Waals surface area contributed by atoms with Crippen molar-refractivity contribution in [2.24, 2.45) is 5.73 Å². The Morgan fingerprint density at radius 3 is 1.65 bits per heavy atom. The number of hydrogen-bond donors (Lipinski definition) is 5. The fraction of sp³-hybridized carbons (Fsp3) is 0.600. The Morgan fingerprint density at radius 2 is 1.47 bits per heavy atom. The van der Waals surface area contributed by atoms with E-state index in [4.69, 9.17) is 33.5 Å². The standard InChI is InChI=1S/C5H9NO4.2Na.H2O4S.2H/c6-3(5(9)10)1-2-4(7)8;;;1-5(2,3)4;;/h3H,1-2,6H2,(H,7,8)(H,9,10);;;(H2,1,2,3,4);;/q;2*+1;;2*-1/t3-;;;;;/m0...../s1.